The summed E-state index contributed by atoms with van der Waals surface area (Å²) in [6.45, 7) is 2.32. The van der Waals surface area contributed by atoms with E-state index in [1.807, 2.05) is 25.1 Å². The first-order chi connectivity index (χ1) is 6.79. The smallest absolute Gasteiger partial charge is 0.167 e. The summed E-state index contributed by atoms with van der Waals surface area (Å²) in [6.07, 6.45) is 1.72. The molecule has 0 radical (unpaired) electrons. The van der Waals surface area contributed by atoms with Crippen LogP contribution >= 0.6 is 0 Å². The Bertz CT molecular complexity index is 436. The van der Waals surface area contributed by atoms with E-state index in [9.17, 15) is 0 Å². The van der Waals surface area contributed by atoms with Crippen LogP contribution in [0.15, 0.2) is 28.9 Å². The number of rotatable bonds is 2. The standard InChI is InChI=1S/C10H11N3O/c1-7-4-10(14-13-7)8-2-3-12-9(5-8)6-11/h2-5H,6,11H2,1H3. The van der Waals surface area contributed by atoms with Crippen LogP contribution in [0.4, 0.5) is 0 Å². The summed E-state index contributed by atoms with van der Waals surface area (Å²) in [5, 5.41) is 3.82. The van der Waals surface area contributed by atoms with Gasteiger partial charge in [0, 0.05) is 24.4 Å². The van der Waals surface area contributed by atoms with Crippen molar-refractivity contribution in [3.63, 3.8) is 0 Å². The second-order valence-corrected chi connectivity index (χ2v) is 3.07. The number of aryl methyl sites for hydroxylation is 1. The van der Waals surface area contributed by atoms with Crippen LogP contribution < -0.4 is 5.73 Å². The van der Waals surface area contributed by atoms with Crippen LogP contribution in [0.3, 0.4) is 0 Å². The molecule has 2 aromatic heterocycles. The minimum absolute atomic E-state index is 0.432. The van der Waals surface area contributed by atoms with Gasteiger partial charge in [-0.15, -0.1) is 0 Å². The van der Waals surface area contributed by atoms with Gasteiger partial charge in [-0.1, -0.05) is 5.16 Å². The lowest BCUT2D eigenvalue weighted by Crippen LogP contribution is -1.98. The molecule has 72 valence electrons. The molecular weight excluding hydrogens is 178 g/mol. The molecule has 0 saturated heterocycles. The number of nitrogens with zero attached hydrogens (tertiary/aromatic N) is 2. The summed E-state index contributed by atoms with van der Waals surface area (Å²) >= 11 is 0. The molecule has 2 rings (SSSR count). The zero-order valence-electron chi connectivity index (χ0n) is 7.90. The Hall–Kier alpha value is -1.68. The maximum absolute atomic E-state index is 5.49. The third-order valence-corrected chi connectivity index (χ3v) is 1.94. The van der Waals surface area contributed by atoms with Gasteiger partial charge in [0.15, 0.2) is 5.76 Å². The molecule has 0 bridgehead atoms. The fraction of sp³-hybridized carbons (Fsp3) is 0.200. The Morgan fingerprint density at radius 2 is 2.29 bits per heavy atom. The average Bonchev–Trinajstić information content (AvgIpc) is 2.65. The van der Waals surface area contributed by atoms with Crippen LogP contribution in [0, 0.1) is 6.92 Å². The van der Waals surface area contributed by atoms with E-state index in [0.29, 0.717) is 6.54 Å². The van der Waals surface area contributed by atoms with Crippen molar-refractivity contribution in [1.29, 1.82) is 0 Å². The molecule has 0 amide bonds. The molecule has 14 heavy (non-hydrogen) atoms. The predicted molar refractivity (Wildman–Crippen MR) is 52.4 cm³/mol. The molecule has 4 heteroatoms. The van der Waals surface area contributed by atoms with E-state index in [4.69, 9.17) is 10.3 Å². The Balaban J connectivity index is 2.41. The van der Waals surface area contributed by atoms with Gasteiger partial charge in [0.1, 0.15) is 0 Å². The molecule has 0 aliphatic heterocycles. The highest BCUT2D eigenvalue weighted by Crippen LogP contribution is 2.19. The van der Waals surface area contributed by atoms with Crippen molar-refractivity contribution < 1.29 is 4.52 Å². The molecule has 0 aliphatic rings. The van der Waals surface area contributed by atoms with Crippen molar-refractivity contribution in [1.82, 2.24) is 10.1 Å². The first-order valence-corrected chi connectivity index (χ1v) is 4.38. The fourth-order valence-electron chi connectivity index (χ4n) is 1.24. The highest BCUT2D eigenvalue weighted by atomic mass is 16.5. The minimum Gasteiger partial charge on any atom is -0.356 e. The quantitative estimate of drug-likeness (QED) is 0.777. The number of nitrogens with two attached hydrogens (primary N) is 1. The Labute approximate surface area is 81.7 Å². The van der Waals surface area contributed by atoms with Gasteiger partial charge in [-0.3, -0.25) is 4.98 Å². The van der Waals surface area contributed by atoms with Crippen LogP contribution in [0.5, 0.6) is 0 Å². The van der Waals surface area contributed by atoms with Crippen molar-refractivity contribution in [2.24, 2.45) is 5.73 Å². The lowest BCUT2D eigenvalue weighted by molar-refractivity contribution is 0.427. The van der Waals surface area contributed by atoms with Gasteiger partial charge < -0.3 is 10.3 Å². The lowest BCUT2D eigenvalue weighted by atomic mass is 10.2. The summed E-state index contributed by atoms with van der Waals surface area (Å²) in [6, 6.07) is 5.66. The summed E-state index contributed by atoms with van der Waals surface area (Å²) in [5.41, 5.74) is 8.16. The molecule has 0 fully saturated rings. The summed E-state index contributed by atoms with van der Waals surface area (Å²) in [5.74, 6) is 0.750. The van der Waals surface area contributed by atoms with Crippen LogP contribution in [0.1, 0.15) is 11.4 Å². The number of pyridine rings is 1. The van der Waals surface area contributed by atoms with E-state index in [1.54, 1.807) is 6.20 Å². The van der Waals surface area contributed by atoms with Gasteiger partial charge in [-0.2, -0.15) is 0 Å². The molecule has 0 saturated carbocycles. The van der Waals surface area contributed by atoms with Crippen molar-refractivity contribution in [2.75, 3.05) is 0 Å². The summed E-state index contributed by atoms with van der Waals surface area (Å²) in [7, 11) is 0. The van der Waals surface area contributed by atoms with E-state index >= 15 is 0 Å². The van der Waals surface area contributed by atoms with Crippen LogP contribution in [-0.4, -0.2) is 10.1 Å². The molecule has 0 aromatic carbocycles. The number of hydrogen-bond donors (Lipinski definition) is 1. The van der Waals surface area contributed by atoms with E-state index in [1.165, 1.54) is 0 Å². The predicted octanol–water partition coefficient (Wildman–Crippen LogP) is 1.50. The van der Waals surface area contributed by atoms with Gasteiger partial charge in [0.25, 0.3) is 0 Å². The third kappa shape index (κ3) is 1.65. The average molecular weight is 189 g/mol. The Morgan fingerprint density at radius 1 is 1.43 bits per heavy atom. The highest BCUT2D eigenvalue weighted by molar-refractivity contribution is 5.57. The van der Waals surface area contributed by atoms with Crippen molar-refractivity contribution >= 4 is 0 Å². The summed E-state index contributed by atoms with van der Waals surface area (Å²) in [4.78, 5) is 4.10. The first-order valence-electron chi connectivity index (χ1n) is 4.38. The fourth-order valence-corrected chi connectivity index (χ4v) is 1.24. The number of hydrogen-bond acceptors (Lipinski definition) is 4. The first kappa shape index (κ1) is 8.90. The second-order valence-electron chi connectivity index (χ2n) is 3.07. The Morgan fingerprint density at radius 3 is 2.93 bits per heavy atom. The zero-order chi connectivity index (χ0) is 9.97. The van der Waals surface area contributed by atoms with Crippen molar-refractivity contribution in [2.45, 2.75) is 13.5 Å². The minimum atomic E-state index is 0.432. The molecule has 2 heterocycles. The monoisotopic (exact) mass is 189 g/mol. The topological polar surface area (TPSA) is 64.9 Å². The van der Waals surface area contributed by atoms with Gasteiger partial charge in [0.05, 0.1) is 11.4 Å². The maximum atomic E-state index is 5.49. The van der Waals surface area contributed by atoms with Gasteiger partial charge in [-0.05, 0) is 19.1 Å². The van der Waals surface area contributed by atoms with Crippen LogP contribution in [0.25, 0.3) is 11.3 Å². The molecule has 2 N–H and O–H groups in total. The van der Waals surface area contributed by atoms with Crippen molar-refractivity contribution in [3.05, 3.63) is 35.8 Å². The maximum Gasteiger partial charge on any atom is 0.167 e. The third-order valence-electron chi connectivity index (χ3n) is 1.94. The molecular formula is C10H11N3O. The van der Waals surface area contributed by atoms with E-state index in [-0.39, 0.29) is 0 Å². The largest absolute Gasteiger partial charge is 0.356 e. The molecule has 0 spiro atoms. The second kappa shape index (κ2) is 3.59. The molecule has 2 aromatic rings. The normalized spacial score (nSPS) is 10.4. The lowest BCUT2D eigenvalue weighted by Gasteiger charge is -1.97. The zero-order valence-corrected chi connectivity index (χ0v) is 7.90. The van der Waals surface area contributed by atoms with Gasteiger partial charge in [-0.25, -0.2) is 0 Å². The molecule has 0 aliphatic carbocycles. The van der Waals surface area contributed by atoms with E-state index in [0.717, 1.165) is 22.7 Å². The molecule has 4 nitrogen and oxygen atoms in total. The van der Waals surface area contributed by atoms with Crippen molar-refractivity contribution in [3.8, 4) is 11.3 Å². The SMILES string of the molecule is Cc1cc(-c2ccnc(CN)c2)on1. The van der Waals surface area contributed by atoms with Gasteiger partial charge in [0.2, 0.25) is 0 Å². The van der Waals surface area contributed by atoms with Gasteiger partial charge >= 0.3 is 0 Å². The molecule has 0 unspecified atom stereocenters. The summed E-state index contributed by atoms with van der Waals surface area (Å²) < 4.78 is 5.13. The highest BCUT2D eigenvalue weighted by Gasteiger charge is 2.04. The molecule has 0 atom stereocenters. The van der Waals surface area contributed by atoms with E-state index in [2.05, 4.69) is 10.1 Å². The van der Waals surface area contributed by atoms with Crippen LogP contribution in [0.2, 0.25) is 0 Å². The van der Waals surface area contributed by atoms with Crippen LogP contribution in [-0.2, 0) is 6.54 Å². The number of aromatic nitrogens is 2. The van der Waals surface area contributed by atoms with E-state index < -0.39 is 0 Å². The Kier molecular flexibility index (Phi) is 2.28.